The van der Waals surface area contributed by atoms with E-state index in [4.69, 9.17) is 0 Å². The molecule has 0 saturated heterocycles. The Morgan fingerprint density at radius 2 is 2.05 bits per heavy atom. The quantitative estimate of drug-likeness (QED) is 0.770. The maximum atomic E-state index is 12.3. The van der Waals surface area contributed by atoms with Gasteiger partial charge < -0.3 is 9.88 Å². The van der Waals surface area contributed by atoms with Crippen LogP contribution in [0.3, 0.4) is 0 Å². The predicted octanol–water partition coefficient (Wildman–Crippen LogP) is 2.65. The zero-order valence-electron chi connectivity index (χ0n) is 11.0. The second kappa shape index (κ2) is 4.12. The van der Waals surface area contributed by atoms with Gasteiger partial charge >= 0.3 is 0 Å². The van der Waals surface area contributed by atoms with Gasteiger partial charge in [-0.2, -0.15) is 0 Å². The molecule has 2 aliphatic heterocycles. The monoisotopic (exact) mass is 254 g/mol. The van der Waals surface area contributed by atoms with Gasteiger partial charge in [0.2, 0.25) is 0 Å². The Balaban J connectivity index is 2.11. The first-order valence-electron chi connectivity index (χ1n) is 7.27. The topological polar surface area (TPSA) is 34.0 Å². The number of nitrogens with zero attached hydrogens (tertiary/aromatic N) is 1. The third-order valence-electron chi connectivity index (χ3n) is 4.45. The van der Waals surface area contributed by atoms with Crippen molar-refractivity contribution in [1.29, 1.82) is 0 Å². The van der Waals surface area contributed by atoms with E-state index in [1.54, 1.807) is 0 Å². The molecular weight excluding hydrogens is 236 g/mol. The number of amides is 1. The number of fused-ring (bicyclic) bond motifs is 3. The first-order valence-corrected chi connectivity index (χ1v) is 7.27. The fraction of sp³-hybridized carbons (Fsp3) is 0.438. The molecule has 1 aromatic carbocycles. The molecule has 19 heavy (non-hydrogen) atoms. The summed E-state index contributed by atoms with van der Waals surface area (Å²) in [5, 5.41) is 4.19. The fourth-order valence-electron chi connectivity index (χ4n) is 3.63. The summed E-state index contributed by atoms with van der Waals surface area (Å²) in [5.41, 5.74) is 4.94. The van der Waals surface area contributed by atoms with Crippen molar-refractivity contribution in [2.24, 2.45) is 0 Å². The van der Waals surface area contributed by atoms with Crippen LogP contribution < -0.4 is 5.32 Å². The maximum absolute atomic E-state index is 12.3. The highest BCUT2D eigenvalue weighted by Crippen LogP contribution is 2.33. The van der Waals surface area contributed by atoms with Gasteiger partial charge in [0.1, 0.15) is 0 Å². The molecule has 1 amide bonds. The standard InChI is InChI=1S/C16H18N2O/c19-16-14-12-7-3-6-11-5-1-2-10-18(15(11)12)13(14)8-4-9-17-16/h3,6-7H,1-2,4-5,8-10H2,(H,17,19). The van der Waals surface area contributed by atoms with Crippen LogP contribution in [0.2, 0.25) is 0 Å². The van der Waals surface area contributed by atoms with Gasteiger partial charge in [0.25, 0.3) is 5.91 Å². The smallest absolute Gasteiger partial charge is 0.253 e. The van der Waals surface area contributed by atoms with E-state index in [1.165, 1.54) is 29.6 Å². The van der Waals surface area contributed by atoms with Crippen LogP contribution in [0.25, 0.3) is 10.9 Å². The molecule has 1 aromatic heterocycles. The molecule has 98 valence electrons. The Hall–Kier alpha value is -1.77. The average molecular weight is 254 g/mol. The highest BCUT2D eigenvalue weighted by molar-refractivity contribution is 6.09. The molecule has 0 spiro atoms. The highest BCUT2D eigenvalue weighted by atomic mass is 16.1. The van der Waals surface area contributed by atoms with E-state index in [0.717, 1.165) is 43.3 Å². The Morgan fingerprint density at radius 1 is 1.11 bits per heavy atom. The summed E-state index contributed by atoms with van der Waals surface area (Å²) < 4.78 is 2.43. The van der Waals surface area contributed by atoms with Crippen LogP contribution >= 0.6 is 0 Å². The number of carbonyl (C=O) groups excluding carboxylic acids is 1. The fourth-order valence-corrected chi connectivity index (χ4v) is 3.63. The summed E-state index contributed by atoms with van der Waals surface area (Å²) in [6.45, 7) is 1.87. The first kappa shape index (κ1) is 11.1. The first-order chi connectivity index (χ1) is 9.36. The number of hydrogen-bond donors (Lipinski definition) is 1. The number of hydrogen-bond acceptors (Lipinski definition) is 1. The van der Waals surface area contributed by atoms with Gasteiger partial charge in [-0.15, -0.1) is 0 Å². The molecule has 4 rings (SSSR count). The number of carbonyl (C=O) groups is 1. The molecule has 0 aliphatic carbocycles. The second-order valence-electron chi connectivity index (χ2n) is 5.60. The lowest BCUT2D eigenvalue weighted by atomic mass is 10.0. The van der Waals surface area contributed by atoms with Crippen molar-refractivity contribution in [3.05, 3.63) is 35.0 Å². The van der Waals surface area contributed by atoms with Crippen LogP contribution in [0.5, 0.6) is 0 Å². The minimum atomic E-state index is 0.119. The number of aromatic nitrogens is 1. The van der Waals surface area contributed by atoms with Gasteiger partial charge in [-0.25, -0.2) is 0 Å². The predicted molar refractivity (Wildman–Crippen MR) is 75.5 cm³/mol. The normalized spacial score (nSPS) is 18.6. The van der Waals surface area contributed by atoms with E-state index < -0.39 is 0 Å². The lowest BCUT2D eigenvalue weighted by molar-refractivity contribution is 0.0957. The zero-order chi connectivity index (χ0) is 12.8. The number of para-hydroxylation sites is 1. The molecule has 0 atom stereocenters. The van der Waals surface area contributed by atoms with Crippen molar-refractivity contribution in [3.63, 3.8) is 0 Å². The van der Waals surface area contributed by atoms with E-state index in [2.05, 4.69) is 28.1 Å². The van der Waals surface area contributed by atoms with E-state index in [0.29, 0.717) is 0 Å². The van der Waals surface area contributed by atoms with Crippen LogP contribution in [0.1, 0.15) is 40.9 Å². The van der Waals surface area contributed by atoms with Crippen molar-refractivity contribution in [3.8, 4) is 0 Å². The second-order valence-corrected chi connectivity index (χ2v) is 5.60. The number of nitrogens with one attached hydrogen (secondary N) is 1. The van der Waals surface area contributed by atoms with Crippen LogP contribution in [-0.4, -0.2) is 17.0 Å². The summed E-state index contributed by atoms with van der Waals surface area (Å²) in [7, 11) is 0. The Kier molecular flexibility index (Phi) is 2.40. The summed E-state index contributed by atoms with van der Waals surface area (Å²) in [6.07, 6.45) is 5.67. The van der Waals surface area contributed by atoms with Crippen molar-refractivity contribution < 1.29 is 4.79 Å². The molecule has 3 heteroatoms. The van der Waals surface area contributed by atoms with Crippen LogP contribution in [0, 0.1) is 0 Å². The molecule has 0 fully saturated rings. The molecule has 2 aromatic rings. The van der Waals surface area contributed by atoms with Gasteiger partial charge in [-0.3, -0.25) is 4.79 Å². The Morgan fingerprint density at radius 3 is 3.00 bits per heavy atom. The minimum Gasteiger partial charge on any atom is -0.352 e. The van der Waals surface area contributed by atoms with Crippen molar-refractivity contribution in [2.75, 3.05) is 6.54 Å². The average Bonchev–Trinajstić information content (AvgIpc) is 2.58. The largest absolute Gasteiger partial charge is 0.352 e. The van der Waals surface area contributed by atoms with Gasteiger partial charge in [0.05, 0.1) is 11.1 Å². The molecule has 0 saturated carbocycles. The molecule has 2 aliphatic rings. The van der Waals surface area contributed by atoms with Crippen molar-refractivity contribution >= 4 is 16.8 Å². The molecule has 0 unspecified atom stereocenters. The zero-order valence-corrected chi connectivity index (χ0v) is 11.0. The SMILES string of the molecule is O=C1NCCCc2c1c1cccc3c1n2CCCC3. The van der Waals surface area contributed by atoms with Crippen LogP contribution in [0.4, 0.5) is 0 Å². The molecular formula is C16H18N2O. The van der Waals surface area contributed by atoms with E-state index in [1.807, 2.05) is 0 Å². The van der Waals surface area contributed by atoms with E-state index in [9.17, 15) is 4.79 Å². The third-order valence-corrected chi connectivity index (χ3v) is 4.45. The maximum Gasteiger partial charge on any atom is 0.253 e. The molecule has 3 heterocycles. The third kappa shape index (κ3) is 1.54. The van der Waals surface area contributed by atoms with Crippen molar-refractivity contribution in [1.82, 2.24) is 9.88 Å². The lowest BCUT2D eigenvalue weighted by Crippen LogP contribution is -2.22. The Labute approximate surface area is 112 Å². The molecule has 0 radical (unpaired) electrons. The summed E-state index contributed by atoms with van der Waals surface area (Å²) in [5.74, 6) is 0.119. The summed E-state index contributed by atoms with van der Waals surface area (Å²) in [4.78, 5) is 12.3. The Bertz CT molecular complexity index is 669. The van der Waals surface area contributed by atoms with Crippen LogP contribution in [-0.2, 0) is 19.4 Å². The van der Waals surface area contributed by atoms with Gasteiger partial charge in [0, 0.05) is 24.2 Å². The van der Waals surface area contributed by atoms with Crippen molar-refractivity contribution in [2.45, 2.75) is 38.6 Å². The van der Waals surface area contributed by atoms with Gasteiger partial charge in [0.15, 0.2) is 0 Å². The highest BCUT2D eigenvalue weighted by Gasteiger charge is 2.26. The molecule has 3 nitrogen and oxygen atoms in total. The summed E-state index contributed by atoms with van der Waals surface area (Å²) >= 11 is 0. The molecule has 0 bridgehead atoms. The van der Waals surface area contributed by atoms with E-state index >= 15 is 0 Å². The number of aryl methyl sites for hydroxylation is 2. The summed E-state index contributed by atoms with van der Waals surface area (Å²) in [6, 6.07) is 6.44. The molecule has 1 N–H and O–H groups in total. The van der Waals surface area contributed by atoms with Gasteiger partial charge in [-0.05, 0) is 37.7 Å². The number of rotatable bonds is 0. The van der Waals surface area contributed by atoms with E-state index in [-0.39, 0.29) is 5.91 Å². The van der Waals surface area contributed by atoms with Gasteiger partial charge in [-0.1, -0.05) is 18.2 Å². The van der Waals surface area contributed by atoms with Crippen LogP contribution in [0.15, 0.2) is 18.2 Å². The lowest BCUT2D eigenvalue weighted by Gasteiger charge is -2.08. The number of benzene rings is 1. The minimum absolute atomic E-state index is 0.119.